The summed E-state index contributed by atoms with van der Waals surface area (Å²) in [7, 11) is 0. The summed E-state index contributed by atoms with van der Waals surface area (Å²) in [6.45, 7) is 2.13. The van der Waals surface area contributed by atoms with Crippen LogP contribution in [0.15, 0.2) is 6.20 Å². The first-order valence-corrected chi connectivity index (χ1v) is 5.47. The first-order valence-electron chi connectivity index (χ1n) is 4.69. The van der Waals surface area contributed by atoms with E-state index in [0.29, 0.717) is 31.1 Å². The highest BCUT2D eigenvalue weighted by Crippen LogP contribution is 2.11. The molecule has 1 amide bonds. The molecule has 0 aliphatic carbocycles. The Hall–Kier alpha value is -1.05. The molecule has 2 rings (SSSR count). The van der Waals surface area contributed by atoms with E-state index in [9.17, 15) is 4.79 Å². The summed E-state index contributed by atoms with van der Waals surface area (Å²) in [6, 6.07) is 0. The van der Waals surface area contributed by atoms with E-state index in [-0.39, 0.29) is 12.0 Å². The number of hydrogen-bond acceptors (Lipinski definition) is 6. The van der Waals surface area contributed by atoms with Gasteiger partial charge in [-0.05, 0) is 11.5 Å². The summed E-state index contributed by atoms with van der Waals surface area (Å²) in [6.07, 6.45) is 1.43. The van der Waals surface area contributed by atoms with E-state index in [1.54, 1.807) is 4.90 Å². The van der Waals surface area contributed by atoms with Crippen LogP contribution in [-0.2, 0) is 4.74 Å². The molecule has 1 unspecified atom stereocenters. The van der Waals surface area contributed by atoms with Gasteiger partial charge in [0.25, 0.3) is 5.91 Å². The number of aromatic nitrogens is 2. The van der Waals surface area contributed by atoms with E-state index in [2.05, 4.69) is 9.59 Å². The molecule has 0 aromatic carbocycles. The highest BCUT2D eigenvalue weighted by molar-refractivity contribution is 7.07. The predicted octanol–water partition coefficient (Wildman–Crippen LogP) is -0.662. The third kappa shape index (κ3) is 2.31. The lowest BCUT2D eigenvalue weighted by Gasteiger charge is -2.31. The minimum absolute atomic E-state index is 0.0354. The molecule has 1 atom stereocenters. The summed E-state index contributed by atoms with van der Waals surface area (Å²) in [4.78, 5) is 14.2. The van der Waals surface area contributed by atoms with E-state index in [0.717, 1.165) is 11.5 Å². The molecule has 0 radical (unpaired) electrons. The molecule has 1 fully saturated rings. The van der Waals surface area contributed by atoms with Crippen LogP contribution < -0.4 is 5.73 Å². The maximum atomic E-state index is 11.9. The van der Waals surface area contributed by atoms with Crippen molar-refractivity contribution in [1.82, 2.24) is 14.5 Å². The lowest BCUT2D eigenvalue weighted by Crippen LogP contribution is -2.48. The van der Waals surface area contributed by atoms with E-state index in [1.165, 1.54) is 6.20 Å². The molecule has 7 heteroatoms. The third-order valence-corrected chi connectivity index (χ3v) is 2.91. The van der Waals surface area contributed by atoms with Gasteiger partial charge < -0.3 is 15.4 Å². The topological polar surface area (TPSA) is 81.3 Å². The van der Waals surface area contributed by atoms with Crippen LogP contribution in [0.3, 0.4) is 0 Å². The molecular weight excluding hydrogens is 216 g/mol. The van der Waals surface area contributed by atoms with Crippen LogP contribution >= 0.6 is 11.5 Å². The SMILES string of the molecule is NCC1CN(C(=O)c2cnns2)CCO1. The fraction of sp³-hybridized carbons (Fsp3) is 0.625. The summed E-state index contributed by atoms with van der Waals surface area (Å²) in [5, 5.41) is 3.64. The Morgan fingerprint density at radius 1 is 1.80 bits per heavy atom. The standard InChI is InChI=1S/C8H12N4O2S/c9-3-6-5-12(1-2-14-6)8(13)7-4-10-11-15-7/h4,6H,1-3,5,9H2. The number of morpholine rings is 1. The molecule has 1 aliphatic heterocycles. The third-order valence-electron chi connectivity index (χ3n) is 2.26. The van der Waals surface area contributed by atoms with E-state index < -0.39 is 0 Å². The van der Waals surface area contributed by atoms with Crippen LogP contribution in [0.25, 0.3) is 0 Å². The minimum Gasteiger partial charge on any atom is -0.373 e. The molecular formula is C8H12N4O2S. The lowest BCUT2D eigenvalue weighted by atomic mass is 10.2. The molecule has 15 heavy (non-hydrogen) atoms. The first kappa shape index (κ1) is 10.5. The predicted molar refractivity (Wildman–Crippen MR) is 54.6 cm³/mol. The average Bonchev–Trinajstić information content (AvgIpc) is 2.81. The second-order valence-corrected chi connectivity index (χ2v) is 4.05. The normalized spacial score (nSPS) is 21.7. The zero-order valence-corrected chi connectivity index (χ0v) is 8.94. The van der Waals surface area contributed by atoms with Crippen LogP contribution in [0.2, 0.25) is 0 Å². The molecule has 6 nitrogen and oxygen atoms in total. The minimum atomic E-state index is -0.0522. The Labute approximate surface area is 91.2 Å². The van der Waals surface area contributed by atoms with E-state index >= 15 is 0 Å². The van der Waals surface area contributed by atoms with Crippen molar-refractivity contribution in [3.63, 3.8) is 0 Å². The highest BCUT2D eigenvalue weighted by atomic mass is 32.1. The van der Waals surface area contributed by atoms with Gasteiger partial charge in [0.2, 0.25) is 0 Å². The molecule has 1 aliphatic rings. The Morgan fingerprint density at radius 3 is 3.33 bits per heavy atom. The van der Waals surface area contributed by atoms with Crippen molar-refractivity contribution < 1.29 is 9.53 Å². The Kier molecular flexibility index (Phi) is 3.24. The van der Waals surface area contributed by atoms with Crippen LogP contribution in [-0.4, -0.2) is 52.7 Å². The number of nitrogens with zero attached hydrogens (tertiary/aromatic N) is 3. The van der Waals surface area contributed by atoms with Gasteiger partial charge in [-0.3, -0.25) is 4.79 Å². The fourth-order valence-electron chi connectivity index (χ4n) is 1.46. The van der Waals surface area contributed by atoms with Crippen molar-refractivity contribution in [3.05, 3.63) is 11.1 Å². The number of amides is 1. The van der Waals surface area contributed by atoms with Crippen molar-refractivity contribution in [2.24, 2.45) is 5.73 Å². The quantitative estimate of drug-likeness (QED) is 0.726. The van der Waals surface area contributed by atoms with Crippen molar-refractivity contribution >= 4 is 17.4 Å². The number of nitrogens with two attached hydrogens (primary N) is 1. The summed E-state index contributed by atoms with van der Waals surface area (Å²) < 4.78 is 9.04. The molecule has 82 valence electrons. The van der Waals surface area contributed by atoms with Crippen LogP contribution in [0.5, 0.6) is 0 Å². The molecule has 0 bridgehead atoms. The molecule has 2 heterocycles. The Morgan fingerprint density at radius 2 is 2.67 bits per heavy atom. The highest BCUT2D eigenvalue weighted by Gasteiger charge is 2.25. The maximum Gasteiger partial charge on any atom is 0.267 e. The number of ether oxygens (including phenoxy) is 1. The van der Waals surface area contributed by atoms with Crippen LogP contribution in [0.4, 0.5) is 0 Å². The summed E-state index contributed by atoms with van der Waals surface area (Å²) >= 11 is 1.11. The number of rotatable bonds is 2. The lowest BCUT2D eigenvalue weighted by molar-refractivity contribution is -0.0165. The fourth-order valence-corrected chi connectivity index (χ4v) is 1.95. The Bertz CT molecular complexity index is 329. The average molecular weight is 228 g/mol. The van der Waals surface area contributed by atoms with Gasteiger partial charge in [0, 0.05) is 19.6 Å². The number of carbonyl (C=O) groups is 1. The Balaban J connectivity index is 2.01. The van der Waals surface area contributed by atoms with Crippen LogP contribution in [0, 0.1) is 0 Å². The molecule has 2 N–H and O–H groups in total. The van der Waals surface area contributed by atoms with Gasteiger partial charge >= 0.3 is 0 Å². The zero-order chi connectivity index (χ0) is 10.7. The van der Waals surface area contributed by atoms with Crippen molar-refractivity contribution in [3.8, 4) is 0 Å². The van der Waals surface area contributed by atoms with Gasteiger partial charge in [0.15, 0.2) is 0 Å². The van der Waals surface area contributed by atoms with Gasteiger partial charge in [-0.15, -0.1) is 5.10 Å². The molecule has 1 aromatic heterocycles. The summed E-state index contributed by atoms with van der Waals surface area (Å²) in [5.74, 6) is -0.0354. The van der Waals surface area contributed by atoms with E-state index in [4.69, 9.17) is 10.5 Å². The van der Waals surface area contributed by atoms with Crippen LogP contribution in [0.1, 0.15) is 9.67 Å². The van der Waals surface area contributed by atoms with Gasteiger partial charge in [-0.25, -0.2) is 0 Å². The second kappa shape index (κ2) is 4.65. The first-order chi connectivity index (χ1) is 7.31. The van der Waals surface area contributed by atoms with Gasteiger partial charge in [0.1, 0.15) is 4.88 Å². The van der Waals surface area contributed by atoms with Crippen molar-refractivity contribution in [2.75, 3.05) is 26.2 Å². The largest absolute Gasteiger partial charge is 0.373 e. The molecule has 1 saturated heterocycles. The van der Waals surface area contributed by atoms with Gasteiger partial charge in [-0.1, -0.05) is 4.49 Å². The van der Waals surface area contributed by atoms with Gasteiger partial charge in [0.05, 0.1) is 18.9 Å². The molecule has 0 saturated carbocycles. The van der Waals surface area contributed by atoms with E-state index in [1.807, 2.05) is 0 Å². The van der Waals surface area contributed by atoms with Gasteiger partial charge in [-0.2, -0.15) is 0 Å². The molecule has 0 spiro atoms. The smallest absolute Gasteiger partial charge is 0.267 e. The molecule has 1 aromatic rings. The zero-order valence-electron chi connectivity index (χ0n) is 8.13. The summed E-state index contributed by atoms with van der Waals surface area (Å²) in [5.41, 5.74) is 5.50. The van der Waals surface area contributed by atoms with Crippen molar-refractivity contribution in [1.29, 1.82) is 0 Å². The second-order valence-electron chi connectivity index (χ2n) is 3.26. The number of carbonyl (C=O) groups excluding carboxylic acids is 1. The number of hydrogen-bond donors (Lipinski definition) is 1. The van der Waals surface area contributed by atoms with Crippen molar-refractivity contribution in [2.45, 2.75) is 6.10 Å². The monoisotopic (exact) mass is 228 g/mol. The maximum absolute atomic E-state index is 11.9.